The first kappa shape index (κ1) is 31.9. The Morgan fingerprint density at radius 2 is 0.548 bits per heavy atom. The van der Waals surface area contributed by atoms with E-state index in [-0.39, 0.29) is 15.1 Å². The molecule has 0 radical (unpaired) electrons. The molecule has 31 heavy (non-hydrogen) atoms. The molecule has 0 bridgehead atoms. The third-order valence-electron chi connectivity index (χ3n) is 5.26. The molecule has 0 aromatic heterocycles. The Morgan fingerprint density at radius 1 is 0.419 bits per heavy atom. The van der Waals surface area contributed by atoms with E-state index in [1.807, 2.05) is 0 Å². The minimum atomic E-state index is -0.226. The number of piperidine rings is 4. The standard InChI is InChI=1S/4C5H11N2.2ClH.Rh/c4*6-5-1-3-7-4-2-5;;;/h4*5H,1-4,6H2;2*1H;/q4*-1;;;+2/p-2. The molecule has 0 spiro atoms. The molecule has 11 heteroatoms. The number of hydrogen-bond donors (Lipinski definition) is 4. The molecule has 4 aliphatic rings. The fraction of sp³-hybridized carbons (Fsp3) is 1.00. The maximum absolute atomic E-state index is 5.57. The van der Waals surface area contributed by atoms with E-state index < -0.39 is 0 Å². The van der Waals surface area contributed by atoms with Gasteiger partial charge in [-0.25, -0.2) is 0 Å². The first-order valence-corrected chi connectivity index (χ1v) is 15.6. The average Bonchev–Trinajstić information content (AvgIpc) is 2.78. The van der Waals surface area contributed by atoms with Crippen LogP contribution in [0.2, 0.25) is 0 Å². The predicted molar refractivity (Wildman–Crippen MR) is 133 cm³/mol. The molecule has 4 fully saturated rings. The Kier molecular flexibility index (Phi) is 24.7. The molecule has 191 valence electrons. The number of halogens is 2. The molecular weight excluding hydrogens is 526 g/mol. The number of nitrogens with zero attached hydrogens (tertiary/aromatic N) is 4. The van der Waals surface area contributed by atoms with Crippen molar-refractivity contribution in [3.63, 3.8) is 0 Å². The number of hydrogen-bond acceptors (Lipinski definition) is 4. The SMILES string of the molecule is NC1CC[N-]CC1.NC1CC[N-]CC1.NC1CC[N-]CC1.NC1CC[N-]CC1.[Cl][Rh][Cl]. The molecule has 4 rings (SSSR count). The summed E-state index contributed by atoms with van der Waals surface area (Å²) in [6, 6.07) is 1.77. The van der Waals surface area contributed by atoms with Gasteiger partial charge in [0, 0.05) is 24.2 Å². The summed E-state index contributed by atoms with van der Waals surface area (Å²) in [5.41, 5.74) is 22.3. The predicted octanol–water partition coefficient (Wildman–Crippen LogP) is 3.30. The van der Waals surface area contributed by atoms with Gasteiger partial charge in [-0.15, -0.1) is 52.4 Å². The second kappa shape index (κ2) is 24.0. The van der Waals surface area contributed by atoms with Crippen molar-refractivity contribution in [1.29, 1.82) is 0 Å². The van der Waals surface area contributed by atoms with Gasteiger partial charge in [0.2, 0.25) is 0 Å². The Hall–Kier alpha value is 0.883. The average molecular weight is 570 g/mol. The van der Waals surface area contributed by atoms with Crippen molar-refractivity contribution in [3.8, 4) is 0 Å². The van der Waals surface area contributed by atoms with Crippen LogP contribution in [0.1, 0.15) is 51.4 Å². The van der Waals surface area contributed by atoms with Crippen LogP contribution in [-0.4, -0.2) is 76.5 Å². The van der Waals surface area contributed by atoms with E-state index in [1.165, 1.54) is 0 Å². The first-order valence-electron chi connectivity index (χ1n) is 11.4. The van der Waals surface area contributed by atoms with Crippen LogP contribution in [0.25, 0.3) is 21.3 Å². The van der Waals surface area contributed by atoms with Crippen molar-refractivity contribution in [2.75, 3.05) is 52.4 Å². The van der Waals surface area contributed by atoms with Gasteiger partial charge in [0.05, 0.1) is 0 Å². The van der Waals surface area contributed by atoms with Crippen molar-refractivity contribution < 1.29 is 15.1 Å². The van der Waals surface area contributed by atoms with Gasteiger partial charge in [-0.05, 0) is 0 Å². The van der Waals surface area contributed by atoms with E-state index in [9.17, 15) is 0 Å². The van der Waals surface area contributed by atoms with Crippen LogP contribution in [0, 0.1) is 0 Å². The zero-order valence-electron chi connectivity index (χ0n) is 18.8. The van der Waals surface area contributed by atoms with E-state index in [0.717, 1.165) is 104 Å². The zero-order chi connectivity index (χ0) is 23.2. The van der Waals surface area contributed by atoms with Gasteiger partial charge in [0.1, 0.15) is 0 Å². The van der Waals surface area contributed by atoms with E-state index in [0.29, 0.717) is 24.2 Å². The molecule has 0 aliphatic carbocycles. The molecule has 4 aliphatic heterocycles. The van der Waals surface area contributed by atoms with Crippen molar-refractivity contribution in [3.05, 3.63) is 21.3 Å². The van der Waals surface area contributed by atoms with Crippen LogP contribution in [0.5, 0.6) is 0 Å². The van der Waals surface area contributed by atoms with Gasteiger partial charge in [0.25, 0.3) is 0 Å². The Balaban J connectivity index is 0.000000371. The monoisotopic (exact) mass is 569 g/mol. The first-order chi connectivity index (χ1) is 15.0. The molecule has 0 unspecified atom stereocenters. The van der Waals surface area contributed by atoms with Crippen molar-refractivity contribution in [2.24, 2.45) is 22.9 Å². The second-order valence-corrected chi connectivity index (χ2v) is 10.6. The molecule has 0 aromatic rings. The third-order valence-corrected chi connectivity index (χ3v) is 5.26. The molecular formula is C20H44Cl2N8Rh-4. The van der Waals surface area contributed by atoms with Crippen LogP contribution in [0.4, 0.5) is 0 Å². The minimum absolute atomic E-state index is 0.226. The van der Waals surface area contributed by atoms with E-state index >= 15 is 0 Å². The molecule has 8 nitrogen and oxygen atoms in total. The quantitative estimate of drug-likeness (QED) is 0.329. The van der Waals surface area contributed by atoms with Crippen LogP contribution in [0.3, 0.4) is 0 Å². The number of rotatable bonds is 0. The summed E-state index contributed by atoms with van der Waals surface area (Å²) in [5.74, 6) is 0. The summed E-state index contributed by atoms with van der Waals surface area (Å²) < 4.78 is 0. The van der Waals surface area contributed by atoms with Crippen LogP contribution in [-0.2, 0) is 15.1 Å². The van der Waals surface area contributed by atoms with Gasteiger partial charge < -0.3 is 44.2 Å². The fourth-order valence-corrected chi connectivity index (χ4v) is 3.08. The van der Waals surface area contributed by atoms with E-state index in [1.54, 1.807) is 0 Å². The Labute approximate surface area is 206 Å². The van der Waals surface area contributed by atoms with E-state index in [4.69, 9.17) is 42.3 Å². The molecule has 0 amide bonds. The van der Waals surface area contributed by atoms with Crippen molar-refractivity contribution in [1.82, 2.24) is 0 Å². The van der Waals surface area contributed by atoms with Crippen molar-refractivity contribution >= 4 is 19.4 Å². The van der Waals surface area contributed by atoms with Crippen LogP contribution >= 0.6 is 19.4 Å². The fourth-order valence-electron chi connectivity index (χ4n) is 3.08. The molecule has 0 atom stereocenters. The zero-order valence-corrected chi connectivity index (χ0v) is 22.0. The molecule has 0 saturated carbocycles. The molecule has 0 aromatic carbocycles. The summed E-state index contributed by atoms with van der Waals surface area (Å²) in [6.45, 7) is 7.90. The second-order valence-electron chi connectivity index (χ2n) is 8.08. The summed E-state index contributed by atoms with van der Waals surface area (Å²) in [4.78, 5) is 0. The molecule has 4 saturated heterocycles. The van der Waals surface area contributed by atoms with Crippen LogP contribution < -0.4 is 22.9 Å². The Morgan fingerprint density at radius 3 is 0.613 bits per heavy atom. The summed E-state index contributed by atoms with van der Waals surface area (Å²) in [6.07, 6.45) is 8.78. The van der Waals surface area contributed by atoms with Gasteiger partial charge in [-0.1, -0.05) is 51.4 Å². The van der Waals surface area contributed by atoms with Gasteiger partial charge in [-0.2, -0.15) is 0 Å². The molecule has 4 heterocycles. The van der Waals surface area contributed by atoms with Gasteiger partial charge in [0.15, 0.2) is 0 Å². The van der Waals surface area contributed by atoms with Gasteiger partial charge >= 0.3 is 34.5 Å². The third kappa shape index (κ3) is 23.8. The van der Waals surface area contributed by atoms with Crippen molar-refractivity contribution in [2.45, 2.75) is 75.5 Å². The van der Waals surface area contributed by atoms with Gasteiger partial charge in [-0.3, -0.25) is 0 Å². The summed E-state index contributed by atoms with van der Waals surface area (Å²) in [5, 5.41) is 16.6. The topological polar surface area (TPSA) is 160 Å². The number of nitrogens with two attached hydrogens (primary N) is 4. The normalized spacial score (nSPS) is 23.5. The van der Waals surface area contributed by atoms with E-state index in [2.05, 4.69) is 21.3 Å². The summed E-state index contributed by atoms with van der Waals surface area (Å²) >= 11 is -0.226. The maximum atomic E-state index is 5.57. The molecule has 8 N–H and O–H groups in total. The van der Waals surface area contributed by atoms with Crippen LogP contribution in [0.15, 0.2) is 0 Å². The summed E-state index contributed by atoms with van der Waals surface area (Å²) in [7, 11) is 9.67. The Bertz CT molecular complexity index is 286.